The SMILES string of the molecule is O=C([C@H](Sc1nnnn1Cc1cccs1)c1ccccc1)N1CCCCC1. The van der Waals surface area contributed by atoms with E-state index in [9.17, 15) is 4.79 Å². The topological polar surface area (TPSA) is 63.9 Å². The van der Waals surface area contributed by atoms with Crippen LogP contribution in [0, 0.1) is 0 Å². The molecule has 1 amide bonds. The minimum absolute atomic E-state index is 0.150. The van der Waals surface area contributed by atoms with Gasteiger partial charge in [-0.05, 0) is 46.7 Å². The van der Waals surface area contributed by atoms with E-state index in [0.29, 0.717) is 11.7 Å². The number of amides is 1. The van der Waals surface area contributed by atoms with Crippen LogP contribution in [0.1, 0.15) is 35.0 Å². The van der Waals surface area contributed by atoms with Crippen molar-refractivity contribution in [2.24, 2.45) is 0 Å². The molecule has 0 unspecified atom stereocenters. The van der Waals surface area contributed by atoms with Crippen molar-refractivity contribution in [1.82, 2.24) is 25.1 Å². The van der Waals surface area contributed by atoms with E-state index < -0.39 is 0 Å². The Morgan fingerprint density at radius 1 is 1.11 bits per heavy atom. The van der Waals surface area contributed by atoms with Gasteiger partial charge in [0.15, 0.2) is 0 Å². The summed E-state index contributed by atoms with van der Waals surface area (Å²) in [6.07, 6.45) is 3.36. The van der Waals surface area contributed by atoms with Crippen LogP contribution in [-0.2, 0) is 11.3 Å². The van der Waals surface area contributed by atoms with E-state index in [4.69, 9.17) is 0 Å². The van der Waals surface area contributed by atoms with Crippen LogP contribution in [0.4, 0.5) is 0 Å². The monoisotopic (exact) mass is 399 g/mol. The van der Waals surface area contributed by atoms with E-state index in [0.717, 1.165) is 31.5 Å². The third-order valence-electron chi connectivity index (χ3n) is 4.60. The molecule has 4 rings (SSSR count). The van der Waals surface area contributed by atoms with Crippen molar-refractivity contribution in [3.05, 3.63) is 58.3 Å². The highest BCUT2D eigenvalue weighted by molar-refractivity contribution is 8.00. The zero-order chi connectivity index (χ0) is 18.5. The van der Waals surface area contributed by atoms with Gasteiger partial charge in [0.2, 0.25) is 11.1 Å². The van der Waals surface area contributed by atoms with Gasteiger partial charge in [-0.2, -0.15) is 0 Å². The second-order valence-corrected chi connectivity index (χ2v) is 8.60. The molecule has 1 fully saturated rings. The van der Waals surface area contributed by atoms with Crippen molar-refractivity contribution in [2.45, 2.75) is 36.2 Å². The quantitative estimate of drug-likeness (QED) is 0.592. The second kappa shape index (κ2) is 8.67. The van der Waals surface area contributed by atoms with Crippen LogP contribution in [0.3, 0.4) is 0 Å². The lowest BCUT2D eigenvalue weighted by Gasteiger charge is -2.30. The molecular formula is C19H21N5OS2. The number of piperidine rings is 1. The molecule has 0 radical (unpaired) electrons. The lowest BCUT2D eigenvalue weighted by Crippen LogP contribution is -2.38. The van der Waals surface area contributed by atoms with Crippen LogP contribution >= 0.6 is 23.1 Å². The number of thiophene rings is 1. The summed E-state index contributed by atoms with van der Waals surface area (Å²) in [5.41, 5.74) is 0.990. The summed E-state index contributed by atoms with van der Waals surface area (Å²) in [5.74, 6) is 0.150. The molecule has 2 aromatic heterocycles. The lowest BCUT2D eigenvalue weighted by molar-refractivity contribution is -0.131. The standard InChI is InChI=1S/C19H21N5OS2/c25-18(23-11-5-2-6-12-23)17(15-8-3-1-4-9-15)27-19-20-21-22-24(19)14-16-10-7-13-26-16/h1,3-4,7-10,13,17H,2,5-6,11-12,14H2/t17-/m1/s1. The molecule has 6 nitrogen and oxygen atoms in total. The Bertz CT molecular complexity index is 859. The van der Waals surface area contributed by atoms with E-state index in [-0.39, 0.29) is 11.2 Å². The summed E-state index contributed by atoms with van der Waals surface area (Å²) in [4.78, 5) is 16.5. The Labute approximate surface area is 166 Å². The Kier molecular flexibility index (Phi) is 5.84. The number of tetrazole rings is 1. The van der Waals surface area contributed by atoms with Crippen molar-refractivity contribution >= 4 is 29.0 Å². The van der Waals surface area contributed by atoms with Gasteiger partial charge in [-0.15, -0.1) is 16.4 Å². The molecule has 0 N–H and O–H groups in total. The van der Waals surface area contributed by atoms with Crippen molar-refractivity contribution in [3.8, 4) is 0 Å². The van der Waals surface area contributed by atoms with Crippen LogP contribution in [0.2, 0.25) is 0 Å². The lowest BCUT2D eigenvalue weighted by atomic mass is 10.1. The predicted molar refractivity (Wildman–Crippen MR) is 107 cm³/mol. The number of benzene rings is 1. The molecule has 140 valence electrons. The molecule has 1 atom stereocenters. The zero-order valence-electron chi connectivity index (χ0n) is 14.9. The fourth-order valence-corrected chi connectivity index (χ4v) is 4.95. The molecule has 0 bridgehead atoms. The fourth-order valence-electron chi connectivity index (χ4n) is 3.20. The zero-order valence-corrected chi connectivity index (χ0v) is 16.5. The van der Waals surface area contributed by atoms with Crippen LogP contribution in [0.5, 0.6) is 0 Å². The van der Waals surface area contributed by atoms with Gasteiger partial charge in [0.05, 0.1) is 6.54 Å². The van der Waals surface area contributed by atoms with Gasteiger partial charge in [0.1, 0.15) is 5.25 Å². The molecule has 3 aromatic rings. The molecule has 0 spiro atoms. The van der Waals surface area contributed by atoms with Crippen molar-refractivity contribution in [3.63, 3.8) is 0 Å². The summed E-state index contributed by atoms with van der Waals surface area (Å²) in [5, 5.41) is 14.5. The number of carbonyl (C=O) groups is 1. The largest absolute Gasteiger partial charge is 0.341 e. The van der Waals surface area contributed by atoms with Gasteiger partial charge in [0.25, 0.3) is 0 Å². The maximum atomic E-state index is 13.3. The average Bonchev–Trinajstić information content (AvgIpc) is 3.39. The Balaban J connectivity index is 1.58. The second-order valence-electron chi connectivity index (χ2n) is 6.49. The number of hydrogen-bond acceptors (Lipinski definition) is 6. The summed E-state index contributed by atoms with van der Waals surface area (Å²) in [7, 11) is 0. The highest BCUT2D eigenvalue weighted by atomic mass is 32.2. The number of nitrogens with zero attached hydrogens (tertiary/aromatic N) is 5. The van der Waals surface area contributed by atoms with Gasteiger partial charge in [0, 0.05) is 18.0 Å². The molecule has 8 heteroatoms. The molecule has 1 aliphatic rings. The first kappa shape index (κ1) is 18.2. The number of hydrogen-bond donors (Lipinski definition) is 0. The third kappa shape index (κ3) is 4.39. The first-order valence-electron chi connectivity index (χ1n) is 9.10. The van der Waals surface area contributed by atoms with Crippen LogP contribution in [0.15, 0.2) is 53.0 Å². The number of likely N-dealkylation sites (tertiary alicyclic amines) is 1. The van der Waals surface area contributed by atoms with Crippen molar-refractivity contribution in [1.29, 1.82) is 0 Å². The van der Waals surface area contributed by atoms with E-state index in [1.54, 1.807) is 16.0 Å². The molecule has 1 aromatic carbocycles. The highest BCUT2D eigenvalue weighted by Crippen LogP contribution is 2.36. The van der Waals surface area contributed by atoms with Crippen LogP contribution in [0.25, 0.3) is 0 Å². The maximum absolute atomic E-state index is 13.3. The Morgan fingerprint density at radius 3 is 2.67 bits per heavy atom. The van der Waals surface area contributed by atoms with Crippen LogP contribution in [-0.4, -0.2) is 44.1 Å². The molecule has 27 heavy (non-hydrogen) atoms. The molecule has 1 saturated heterocycles. The summed E-state index contributed by atoms with van der Waals surface area (Å²) >= 11 is 3.11. The van der Waals surface area contributed by atoms with Gasteiger partial charge in [-0.25, -0.2) is 4.68 Å². The Hall–Kier alpha value is -2.19. The molecule has 0 saturated carbocycles. The minimum Gasteiger partial charge on any atom is -0.341 e. The maximum Gasteiger partial charge on any atom is 0.240 e. The summed E-state index contributed by atoms with van der Waals surface area (Å²) in [6.45, 7) is 2.29. The van der Waals surface area contributed by atoms with E-state index >= 15 is 0 Å². The summed E-state index contributed by atoms with van der Waals surface area (Å²) in [6, 6.07) is 14.0. The molecule has 0 aliphatic carbocycles. The van der Waals surface area contributed by atoms with Crippen LogP contribution < -0.4 is 0 Å². The van der Waals surface area contributed by atoms with Gasteiger partial charge < -0.3 is 4.90 Å². The normalized spacial score (nSPS) is 15.6. The molecule has 3 heterocycles. The first-order valence-corrected chi connectivity index (χ1v) is 10.9. The highest BCUT2D eigenvalue weighted by Gasteiger charge is 2.29. The van der Waals surface area contributed by atoms with Crippen molar-refractivity contribution < 1.29 is 4.79 Å². The van der Waals surface area contributed by atoms with Gasteiger partial charge in [-0.1, -0.05) is 48.2 Å². The number of rotatable bonds is 6. The number of aromatic nitrogens is 4. The minimum atomic E-state index is -0.336. The fraction of sp³-hybridized carbons (Fsp3) is 0.368. The predicted octanol–water partition coefficient (Wildman–Crippen LogP) is 3.63. The van der Waals surface area contributed by atoms with E-state index in [1.807, 2.05) is 46.7 Å². The first-order chi connectivity index (χ1) is 13.3. The Morgan fingerprint density at radius 2 is 1.93 bits per heavy atom. The van der Waals surface area contributed by atoms with Crippen molar-refractivity contribution in [2.75, 3.05) is 13.1 Å². The summed E-state index contributed by atoms with van der Waals surface area (Å²) < 4.78 is 1.77. The van der Waals surface area contributed by atoms with Gasteiger partial charge in [-0.3, -0.25) is 4.79 Å². The third-order valence-corrected chi connectivity index (χ3v) is 6.68. The smallest absolute Gasteiger partial charge is 0.240 e. The van der Waals surface area contributed by atoms with Gasteiger partial charge >= 0.3 is 0 Å². The van der Waals surface area contributed by atoms with E-state index in [1.165, 1.54) is 23.1 Å². The molecule has 1 aliphatic heterocycles. The number of carbonyl (C=O) groups excluding carboxylic acids is 1. The molecular weight excluding hydrogens is 378 g/mol. The number of thioether (sulfide) groups is 1. The average molecular weight is 400 g/mol. The van der Waals surface area contributed by atoms with E-state index in [2.05, 4.69) is 21.6 Å².